The van der Waals surface area contributed by atoms with Crippen molar-refractivity contribution in [3.63, 3.8) is 0 Å². The van der Waals surface area contributed by atoms with Gasteiger partial charge in [-0.15, -0.1) is 9.24 Å². The Labute approximate surface area is 187 Å². The Hall–Kier alpha value is -0.350. The number of Topliss-reactive ketones (excluding diaryl/α,β-unsaturated/α-hetero) is 2. The molecular formula is C24H47O5P. The van der Waals surface area contributed by atoms with E-state index in [2.05, 4.69) is 9.24 Å². The van der Waals surface area contributed by atoms with Crippen molar-refractivity contribution in [3.05, 3.63) is 0 Å². The first-order chi connectivity index (χ1) is 13.7. The Morgan fingerprint density at radius 3 is 1.93 bits per heavy atom. The molecule has 0 saturated carbocycles. The van der Waals surface area contributed by atoms with E-state index in [0.717, 1.165) is 6.42 Å². The second kappa shape index (κ2) is 12.6. The van der Waals surface area contributed by atoms with Gasteiger partial charge in [-0.2, -0.15) is 0 Å². The van der Waals surface area contributed by atoms with E-state index in [1.165, 1.54) is 0 Å². The van der Waals surface area contributed by atoms with Gasteiger partial charge in [0.25, 0.3) is 0 Å². The fraction of sp³-hybridized carbons (Fsp3) is 0.917. The normalized spacial score (nSPS) is 18.5. The Balaban J connectivity index is 5.55. The van der Waals surface area contributed by atoms with Crippen molar-refractivity contribution in [2.75, 3.05) is 6.16 Å². The van der Waals surface area contributed by atoms with Crippen molar-refractivity contribution in [2.45, 2.75) is 130 Å². The average Bonchev–Trinajstić information content (AvgIpc) is 2.66. The van der Waals surface area contributed by atoms with Gasteiger partial charge in [-0.25, -0.2) is 0 Å². The third-order valence-corrected chi connectivity index (χ3v) is 7.24. The highest BCUT2D eigenvalue weighted by Gasteiger charge is 2.48. The minimum absolute atomic E-state index is 0.0683. The van der Waals surface area contributed by atoms with Crippen molar-refractivity contribution >= 4 is 20.8 Å². The molecule has 0 aliphatic carbocycles. The monoisotopic (exact) mass is 446 g/mol. The molecule has 1 N–H and O–H groups in total. The number of rotatable bonds is 16. The summed E-state index contributed by atoms with van der Waals surface area (Å²) in [6.45, 7) is 17.5. The molecule has 0 rings (SSSR count). The minimum atomic E-state index is -1.34. The van der Waals surface area contributed by atoms with E-state index < -0.39 is 16.6 Å². The van der Waals surface area contributed by atoms with Crippen molar-refractivity contribution < 1.29 is 24.2 Å². The summed E-state index contributed by atoms with van der Waals surface area (Å²) in [5, 5.41) is 10.6. The molecule has 0 spiro atoms. The SMILES string of the molecule is CCCC(CC(=O)C(O)(CC)CP)OC(C)(CC)C(C)(C)C(=O)CC(C)OC(C)C. The molecule has 0 aliphatic rings. The lowest BCUT2D eigenvalue weighted by Crippen LogP contribution is -2.52. The van der Waals surface area contributed by atoms with Gasteiger partial charge in [0.1, 0.15) is 11.4 Å². The smallest absolute Gasteiger partial charge is 0.167 e. The quantitative estimate of drug-likeness (QED) is 0.333. The molecule has 5 unspecified atom stereocenters. The molecule has 5 nitrogen and oxygen atoms in total. The molecule has 0 amide bonds. The van der Waals surface area contributed by atoms with Crippen molar-refractivity contribution in [3.8, 4) is 0 Å². The minimum Gasteiger partial charge on any atom is -0.382 e. The molecule has 0 aromatic heterocycles. The van der Waals surface area contributed by atoms with E-state index in [9.17, 15) is 14.7 Å². The van der Waals surface area contributed by atoms with Crippen molar-refractivity contribution in [2.24, 2.45) is 5.41 Å². The zero-order valence-electron chi connectivity index (χ0n) is 20.8. The van der Waals surface area contributed by atoms with Gasteiger partial charge in [-0.3, -0.25) is 9.59 Å². The van der Waals surface area contributed by atoms with Crippen LogP contribution in [0.3, 0.4) is 0 Å². The molecule has 0 radical (unpaired) electrons. The Kier molecular flexibility index (Phi) is 12.5. The Morgan fingerprint density at radius 2 is 1.53 bits per heavy atom. The van der Waals surface area contributed by atoms with Crippen molar-refractivity contribution in [1.82, 2.24) is 0 Å². The third-order valence-electron chi connectivity index (χ3n) is 6.56. The highest BCUT2D eigenvalue weighted by molar-refractivity contribution is 7.16. The molecule has 0 fully saturated rings. The first-order valence-corrected chi connectivity index (χ1v) is 12.4. The number of ketones is 2. The Bertz CT molecular complexity index is 542. The lowest BCUT2D eigenvalue weighted by atomic mass is 9.69. The van der Waals surface area contributed by atoms with E-state index in [0.29, 0.717) is 31.8 Å². The second-order valence-electron chi connectivity index (χ2n) is 9.58. The number of hydrogen-bond acceptors (Lipinski definition) is 5. The van der Waals surface area contributed by atoms with E-state index in [4.69, 9.17) is 9.47 Å². The van der Waals surface area contributed by atoms with Crippen LogP contribution in [-0.2, 0) is 19.1 Å². The topological polar surface area (TPSA) is 72.8 Å². The summed E-state index contributed by atoms with van der Waals surface area (Å²) in [6.07, 6.45) is 2.93. The number of carbonyl (C=O) groups excluding carboxylic acids is 2. The van der Waals surface area contributed by atoms with Gasteiger partial charge in [0.15, 0.2) is 5.78 Å². The lowest BCUT2D eigenvalue weighted by molar-refractivity contribution is -0.174. The van der Waals surface area contributed by atoms with E-state index in [-0.39, 0.29) is 36.3 Å². The molecule has 0 heterocycles. The molecule has 30 heavy (non-hydrogen) atoms. The number of ether oxygens (including phenoxy) is 2. The molecular weight excluding hydrogens is 399 g/mol. The van der Waals surface area contributed by atoms with Gasteiger partial charge in [0.2, 0.25) is 0 Å². The summed E-state index contributed by atoms with van der Waals surface area (Å²) < 4.78 is 12.3. The molecule has 178 valence electrons. The number of aliphatic hydroxyl groups is 1. The maximum Gasteiger partial charge on any atom is 0.167 e. The van der Waals surface area contributed by atoms with E-state index >= 15 is 0 Å². The zero-order chi connectivity index (χ0) is 23.8. The highest BCUT2D eigenvalue weighted by Crippen LogP contribution is 2.41. The van der Waals surface area contributed by atoms with Crippen LogP contribution in [0.5, 0.6) is 0 Å². The van der Waals surface area contributed by atoms with Crippen LogP contribution in [0.25, 0.3) is 0 Å². The van der Waals surface area contributed by atoms with Crippen LogP contribution in [-0.4, -0.2) is 52.3 Å². The first-order valence-electron chi connectivity index (χ1n) is 11.5. The molecule has 6 heteroatoms. The Morgan fingerprint density at radius 1 is 0.967 bits per heavy atom. The van der Waals surface area contributed by atoms with Crippen LogP contribution in [0.2, 0.25) is 0 Å². The van der Waals surface area contributed by atoms with Crippen LogP contribution in [0.1, 0.15) is 101 Å². The predicted octanol–water partition coefficient (Wildman–Crippen LogP) is 5.11. The maximum atomic E-state index is 13.2. The summed E-state index contributed by atoms with van der Waals surface area (Å²) in [5.74, 6) is -0.100. The second-order valence-corrected chi connectivity index (χ2v) is 9.99. The van der Waals surface area contributed by atoms with E-state index in [1.807, 2.05) is 62.3 Å². The summed E-state index contributed by atoms with van der Waals surface area (Å²) in [5.41, 5.74) is -2.81. The summed E-state index contributed by atoms with van der Waals surface area (Å²) in [7, 11) is 2.46. The van der Waals surface area contributed by atoms with Gasteiger partial charge in [-0.05, 0) is 53.1 Å². The third kappa shape index (κ3) is 7.97. The van der Waals surface area contributed by atoms with Crippen LogP contribution in [0, 0.1) is 5.41 Å². The van der Waals surface area contributed by atoms with Gasteiger partial charge < -0.3 is 14.6 Å². The molecule has 0 aromatic carbocycles. The fourth-order valence-corrected chi connectivity index (χ4v) is 4.26. The predicted molar refractivity (Wildman–Crippen MR) is 127 cm³/mol. The maximum absolute atomic E-state index is 13.2. The summed E-state index contributed by atoms with van der Waals surface area (Å²) in [4.78, 5) is 26.0. The van der Waals surface area contributed by atoms with Crippen LogP contribution >= 0.6 is 9.24 Å². The highest BCUT2D eigenvalue weighted by atomic mass is 31.0. The van der Waals surface area contributed by atoms with Gasteiger partial charge in [0.05, 0.1) is 29.3 Å². The van der Waals surface area contributed by atoms with Crippen LogP contribution in [0.4, 0.5) is 0 Å². The van der Waals surface area contributed by atoms with Crippen molar-refractivity contribution in [1.29, 1.82) is 0 Å². The molecule has 0 aliphatic heterocycles. The lowest BCUT2D eigenvalue weighted by Gasteiger charge is -2.45. The fourth-order valence-electron chi connectivity index (χ4n) is 3.74. The zero-order valence-corrected chi connectivity index (χ0v) is 22.0. The number of hydrogen-bond donors (Lipinski definition) is 1. The summed E-state index contributed by atoms with van der Waals surface area (Å²) in [6, 6.07) is 0. The van der Waals surface area contributed by atoms with Gasteiger partial charge >= 0.3 is 0 Å². The first kappa shape index (κ1) is 29.7. The molecule has 0 saturated heterocycles. The molecule has 5 atom stereocenters. The standard InChI is InChI=1S/C24H47O5P/c1-10-13-19(15-21(26)24(27,12-3)16-30)29-23(9,11-2)22(7,8)20(25)14-18(6)28-17(4)5/h17-19,27H,10-16,30H2,1-9H3. The van der Waals surface area contributed by atoms with Crippen LogP contribution in [0.15, 0.2) is 0 Å². The largest absolute Gasteiger partial charge is 0.382 e. The van der Waals surface area contributed by atoms with Gasteiger partial charge in [-0.1, -0.05) is 41.0 Å². The molecule has 0 aromatic rings. The summed E-state index contributed by atoms with van der Waals surface area (Å²) >= 11 is 0. The number of carbonyl (C=O) groups is 2. The van der Waals surface area contributed by atoms with Gasteiger partial charge in [0, 0.05) is 12.8 Å². The molecule has 0 bridgehead atoms. The van der Waals surface area contributed by atoms with Crippen LogP contribution < -0.4 is 0 Å². The van der Waals surface area contributed by atoms with E-state index in [1.54, 1.807) is 0 Å². The average molecular weight is 447 g/mol.